The number of benzene rings is 3. The largest absolute Gasteiger partial charge is 0.494 e. The monoisotopic (exact) mass is 499 g/mol. The maximum Gasteiger partial charge on any atom is 0.249 e. The molecule has 0 aliphatic rings. The zero-order chi connectivity index (χ0) is 26.2. The van der Waals surface area contributed by atoms with Crippen LogP contribution in [0.2, 0.25) is 0 Å². The Hall–Kier alpha value is -4.20. The summed E-state index contributed by atoms with van der Waals surface area (Å²) >= 11 is 0. The first-order valence-electron chi connectivity index (χ1n) is 12.6. The van der Waals surface area contributed by atoms with E-state index in [-0.39, 0.29) is 18.4 Å². The molecular weight excluding hydrogens is 466 g/mol. The number of hydrogen-bond acceptors (Lipinski definition) is 5. The van der Waals surface area contributed by atoms with Gasteiger partial charge in [-0.25, -0.2) is 4.68 Å². The molecule has 0 fully saturated rings. The van der Waals surface area contributed by atoms with E-state index in [0.29, 0.717) is 36.0 Å². The van der Waals surface area contributed by atoms with Crippen molar-refractivity contribution in [3.63, 3.8) is 0 Å². The van der Waals surface area contributed by atoms with E-state index in [0.717, 1.165) is 17.5 Å². The molecule has 0 saturated heterocycles. The third kappa shape index (κ3) is 6.33. The molecule has 8 nitrogen and oxygen atoms in total. The van der Waals surface area contributed by atoms with Crippen molar-refractivity contribution in [2.24, 2.45) is 5.92 Å². The number of fused-ring (bicyclic) bond motifs is 1. The van der Waals surface area contributed by atoms with E-state index in [4.69, 9.17) is 4.74 Å². The normalized spacial score (nSPS) is 11.9. The second-order valence-corrected chi connectivity index (χ2v) is 9.21. The SMILES string of the molecule is CCOc1ccc(N(C(=O)Cn2nnc3ccccc32)[C@H](C(=O)NCCC(C)C)c2ccccc2)cc1. The quantitative estimate of drug-likeness (QED) is 0.321. The van der Waals surface area contributed by atoms with Crippen LogP contribution in [0.25, 0.3) is 11.0 Å². The number of nitrogens with one attached hydrogen (secondary N) is 1. The Morgan fingerprint density at radius 3 is 2.38 bits per heavy atom. The van der Waals surface area contributed by atoms with E-state index in [2.05, 4.69) is 29.5 Å². The van der Waals surface area contributed by atoms with Gasteiger partial charge in [0.25, 0.3) is 0 Å². The molecule has 1 N–H and O–H groups in total. The highest BCUT2D eigenvalue weighted by atomic mass is 16.5. The molecule has 0 radical (unpaired) electrons. The summed E-state index contributed by atoms with van der Waals surface area (Å²) in [5.41, 5.74) is 2.76. The lowest BCUT2D eigenvalue weighted by Gasteiger charge is -2.31. The molecule has 3 aromatic carbocycles. The Morgan fingerprint density at radius 2 is 1.68 bits per heavy atom. The number of nitrogens with zero attached hydrogens (tertiary/aromatic N) is 4. The maximum atomic E-state index is 14.0. The van der Waals surface area contributed by atoms with Gasteiger partial charge >= 0.3 is 0 Å². The summed E-state index contributed by atoms with van der Waals surface area (Å²) < 4.78 is 7.16. The summed E-state index contributed by atoms with van der Waals surface area (Å²) in [4.78, 5) is 29.2. The van der Waals surface area contributed by atoms with Gasteiger partial charge in [-0.1, -0.05) is 61.5 Å². The van der Waals surface area contributed by atoms with Gasteiger partial charge in [-0.3, -0.25) is 14.5 Å². The highest BCUT2D eigenvalue weighted by Crippen LogP contribution is 2.30. The van der Waals surface area contributed by atoms with Crippen molar-refractivity contribution in [1.82, 2.24) is 20.3 Å². The summed E-state index contributed by atoms with van der Waals surface area (Å²) in [6.45, 7) is 7.12. The molecule has 0 aliphatic carbocycles. The number of para-hydroxylation sites is 1. The Labute approximate surface area is 217 Å². The minimum absolute atomic E-state index is 0.0731. The van der Waals surface area contributed by atoms with Gasteiger partial charge in [-0.2, -0.15) is 0 Å². The van der Waals surface area contributed by atoms with Gasteiger partial charge < -0.3 is 10.1 Å². The fraction of sp³-hybridized carbons (Fsp3) is 0.310. The number of amides is 2. The minimum atomic E-state index is -0.867. The number of carbonyl (C=O) groups is 2. The van der Waals surface area contributed by atoms with E-state index in [1.165, 1.54) is 0 Å². The molecule has 0 aliphatic heterocycles. The molecule has 0 bridgehead atoms. The Balaban J connectivity index is 1.74. The van der Waals surface area contributed by atoms with Crippen molar-refractivity contribution in [3.8, 4) is 5.75 Å². The molecular formula is C29H33N5O3. The molecule has 2 amide bonds. The number of carbonyl (C=O) groups excluding carboxylic acids is 2. The van der Waals surface area contributed by atoms with Crippen molar-refractivity contribution in [2.75, 3.05) is 18.1 Å². The smallest absolute Gasteiger partial charge is 0.249 e. The van der Waals surface area contributed by atoms with Crippen LogP contribution in [0.15, 0.2) is 78.9 Å². The van der Waals surface area contributed by atoms with Gasteiger partial charge in [0.15, 0.2) is 0 Å². The van der Waals surface area contributed by atoms with Crippen LogP contribution in [0, 0.1) is 5.92 Å². The number of anilines is 1. The van der Waals surface area contributed by atoms with Gasteiger partial charge in [-0.15, -0.1) is 5.10 Å². The summed E-state index contributed by atoms with van der Waals surface area (Å²) in [6.07, 6.45) is 0.842. The van der Waals surface area contributed by atoms with Crippen molar-refractivity contribution < 1.29 is 14.3 Å². The van der Waals surface area contributed by atoms with Crippen molar-refractivity contribution >= 4 is 28.5 Å². The topological polar surface area (TPSA) is 89.3 Å². The number of rotatable bonds is 11. The molecule has 8 heteroatoms. The average Bonchev–Trinajstić information content (AvgIpc) is 3.31. The highest BCUT2D eigenvalue weighted by Gasteiger charge is 2.33. The first-order chi connectivity index (χ1) is 18.0. The third-order valence-corrected chi connectivity index (χ3v) is 6.04. The van der Waals surface area contributed by atoms with E-state index in [1.54, 1.807) is 21.7 Å². The Bertz CT molecular complexity index is 1320. The molecule has 37 heavy (non-hydrogen) atoms. The summed E-state index contributed by atoms with van der Waals surface area (Å²) in [7, 11) is 0. The molecule has 0 saturated carbocycles. The van der Waals surface area contributed by atoms with Crippen LogP contribution in [0.4, 0.5) is 5.69 Å². The van der Waals surface area contributed by atoms with Crippen LogP contribution in [0.3, 0.4) is 0 Å². The van der Waals surface area contributed by atoms with E-state index >= 15 is 0 Å². The summed E-state index contributed by atoms with van der Waals surface area (Å²) in [5, 5.41) is 11.4. The van der Waals surface area contributed by atoms with Crippen molar-refractivity contribution in [1.29, 1.82) is 0 Å². The molecule has 192 valence electrons. The van der Waals surface area contributed by atoms with E-state index < -0.39 is 6.04 Å². The highest BCUT2D eigenvalue weighted by molar-refractivity contribution is 6.01. The predicted octanol–water partition coefficient (Wildman–Crippen LogP) is 4.77. The molecule has 1 atom stereocenters. The second-order valence-electron chi connectivity index (χ2n) is 9.21. The number of ether oxygens (including phenoxy) is 1. The van der Waals surface area contributed by atoms with E-state index in [9.17, 15) is 9.59 Å². The van der Waals surface area contributed by atoms with Crippen LogP contribution in [0.5, 0.6) is 5.75 Å². The standard InChI is InChI=1S/C29H33N5O3/c1-4-37-24-16-14-23(15-17-24)34(27(35)20-33-26-13-9-8-12-25(26)31-32-33)28(22-10-6-5-7-11-22)29(36)30-19-18-21(2)3/h5-17,21,28H,4,18-20H2,1-3H3,(H,30,36)/t28-/m0/s1. The number of aromatic nitrogens is 3. The first kappa shape index (κ1) is 25.9. The zero-order valence-corrected chi connectivity index (χ0v) is 21.5. The van der Waals surface area contributed by atoms with Crippen LogP contribution in [-0.2, 0) is 16.1 Å². The lowest BCUT2D eigenvalue weighted by molar-refractivity contribution is -0.127. The van der Waals surface area contributed by atoms with Crippen LogP contribution in [-0.4, -0.2) is 40.0 Å². The average molecular weight is 500 g/mol. The van der Waals surface area contributed by atoms with Gasteiger partial charge in [0, 0.05) is 12.2 Å². The summed E-state index contributed by atoms with van der Waals surface area (Å²) in [5.74, 6) is 0.615. The van der Waals surface area contributed by atoms with Gasteiger partial charge in [0.05, 0.1) is 12.1 Å². The Morgan fingerprint density at radius 1 is 0.973 bits per heavy atom. The summed E-state index contributed by atoms with van der Waals surface area (Å²) in [6, 6.07) is 23.2. The van der Waals surface area contributed by atoms with Crippen molar-refractivity contribution in [2.45, 2.75) is 39.8 Å². The Kier molecular flexibility index (Phi) is 8.51. The lowest BCUT2D eigenvalue weighted by Crippen LogP contribution is -2.45. The van der Waals surface area contributed by atoms with Crippen molar-refractivity contribution in [3.05, 3.63) is 84.4 Å². The fourth-order valence-electron chi connectivity index (χ4n) is 4.18. The molecule has 4 rings (SSSR count). The molecule has 4 aromatic rings. The fourth-order valence-corrected chi connectivity index (χ4v) is 4.18. The van der Waals surface area contributed by atoms with Crippen LogP contribution < -0.4 is 15.0 Å². The van der Waals surface area contributed by atoms with Gasteiger partial charge in [0.2, 0.25) is 11.8 Å². The zero-order valence-electron chi connectivity index (χ0n) is 21.5. The van der Waals surface area contributed by atoms with Gasteiger partial charge in [0.1, 0.15) is 23.9 Å². The van der Waals surface area contributed by atoms with Crippen LogP contribution in [0.1, 0.15) is 38.8 Å². The van der Waals surface area contributed by atoms with Crippen LogP contribution >= 0.6 is 0 Å². The molecule has 0 unspecified atom stereocenters. The molecule has 1 aromatic heterocycles. The predicted molar refractivity (Wildman–Crippen MR) is 144 cm³/mol. The van der Waals surface area contributed by atoms with E-state index in [1.807, 2.05) is 73.7 Å². The molecule has 0 spiro atoms. The lowest BCUT2D eigenvalue weighted by atomic mass is 10.0. The second kappa shape index (κ2) is 12.2. The number of hydrogen-bond donors (Lipinski definition) is 1. The maximum absolute atomic E-state index is 14.0. The first-order valence-corrected chi connectivity index (χ1v) is 12.6. The molecule has 1 heterocycles. The minimum Gasteiger partial charge on any atom is -0.494 e. The third-order valence-electron chi connectivity index (χ3n) is 6.04. The van der Waals surface area contributed by atoms with Gasteiger partial charge in [-0.05, 0) is 61.2 Å².